The Hall–Kier alpha value is -1.36. The largest absolute Gasteiger partial charge is 0.480 e. The molecule has 0 radical (unpaired) electrons. The molecular weight excluding hydrogens is 182 g/mol. The Bertz CT molecular complexity index is 344. The molecule has 0 bridgehead atoms. The van der Waals surface area contributed by atoms with E-state index in [-0.39, 0.29) is 5.92 Å². The molecule has 0 aliphatic carbocycles. The number of imidazole rings is 1. The van der Waals surface area contributed by atoms with Crippen LogP contribution in [0.25, 0.3) is 0 Å². The summed E-state index contributed by atoms with van der Waals surface area (Å²) in [5.74, 6) is -0.839. The highest BCUT2D eigenvalue weighted by Gasteiger charge is 2.23. The summed E-state index contributed by atoms with van der Waals surface area (Å²) in [6.07, 6.45) is 1.59. The van der Waals surface area contributed by atoms with Crippen molar-refractivity contribution in [2.24, 2.45) is 12.8 Å². The van der Waals surface area contributed by atoms with Crippen LogP contribution in [0, 0.1) is 0 Å². The first-order chi connectivity index (χ1) is 6.45. The highest BCUT2D eigenvalue weighted by molar-refractivity contribution is 5.74. The van der Waals surface area contributed by atoms with Gasteiger partial charge in [0, 0.05) is 12.7 Å². The van der Waals surface area contributed by atoms with E-state index in [4.69, 9.17) is 10.8 Å². The van der Waals surface area contributed by atoms with Crippen LogP contribution in [0.1, 0.15) is 37.2 Å². The van der Waals surface area contributed by atoms with E-state index in [2.05, 4.69) is 4.98 Å². The summed E-state index contributed by atoms with van der Waals surface area (Å²) < 4.78 is 1.81. The van der Waals surface area contributed by atoms with Crippen molar-refractivity contribution in [2.45, 2.75) is 25.8 Å². The monoisotopic (exact) mass is 197 g/mol. The average Bonchev–Trinajstić information content (AvgIpc) is 2.45. The van der Waals surface area contributed by atoms with Crippen LogP contribution in [-0.4, -0.2) is 20.6 Å². The second-order valence-corrected chi connectivity index (χ2v) is 3.60. The minimum absolute atomic E-state index is 0.211. The second kappa shape index (κ2) is 3.79. The van der Waals surface area contributed by atoms with Gasteiger partial charge in [0.05, 0.1) is 12.0 Å². The number of aromatic nitrogens is 2. The zero-order chi connectivity index (χ0) is 10.9. The molecule has 0 saturated carbocycles. The molecule has 1 unspecified atom stereocenters. The summed E-state index contributed by atoms with van der Waals surface area (Å²) in [7, 11) is 1.83. The summed E-state index contributed by atoms with van der Waals surface area (Å²) in [6, 6.07) is -1.03. The number of carboxylic acid groups (broad SMARTS) is 1. The minimum Gasteiger partial charge on any atom is -0.480 e. The van der Waals surface area contributed by atoms with E-state index in [1.54, 1.807) is 6.33 Å². The van der Waals surface area contributed by atoms with Gasteiger partial charge in [-0.05, 0) is 5.92 Å². The number of carboxylic acids is 1. The van der Waals surface area contributed by atoms with Crippen LogP contribution < -0.4 is 5.73 Å². The van der Waals surface area contributed by atoms with Crippen molar-refractivity contribution in [1.82, 2.24) is 9.55 Å². The van der Waals surface area contributed by atoms with Gasteiger partial charge in [-0.3, -0.25) is 4.79 Å². The van der Waals surface area contributed by atoms with Gasteiger partial charge in [-0.25, -0.2) is 4.98 Å². The Labute approximate surface area is 82.6 Å². The van der Waals surface area contributed by atoms with E-state index in [0.717, 1.165) is 5.69 Å². The zero-order valence-electron chi connectivity index (χ0n) is 8.56. The highest BCUT2D eigenvalue weighted by Crippen LogP contribution is 2.22. The molecular formula is C9H15N3O2. The molecule has 0 fully saturated rings. The Morgan fingerprint density at radius 2 is 2.21 bits per heavy atom. The van der Waals surface area contributed by atoms with Crippen LogP contribution in [0.3, 0.4) is 0 Å². The van der Waals surface area contributed by atoms with Gasteiger partial charge in [-0.1, -0.05) is 13.8 Å². The summed E-state index contributed by atoms with van der Waals surface area (Å²) in [4.78, 5) is 14.7. The fourth-order valence-corrected chi connectivity index (χ4v) is 1.52. The normalized spacial score (nSPS) is 13.2. The summed E-state index contributed by atoms with van der Waals surface area (Å²) in [5.41, 5.74) is 6.84. The molecule has 1 atom stereocenters. The number of aliphatic carboxylic acids is 1. The lowest BCUT2D eigenvalue weighted by Gasteiger charge is -2.11. The maximum Gasteiger partial charge on any atom is 0.326 e. The number of aryl methyl sites for hydroxylation is 1. The number of nitrogens with zero attached hydrogens (tertiary/aromatic N) is 2. The number of hydrogen-bond acceptors (Lipinski definition) is 3. The maximum atomic E-state index is 10.7. The van der Waals surface area contributed by atoms with Gasteiger partial charge in [0.2, 0.25) is 0 Å². The first-order valence-corrected chi connectivity index (χ1v) is 4.44. The quantitative estimate of drug-likeness (QED) is 0.744. The Kier molecular flexibility index (Phi) is 2.90. The third kappa shape index (κ3) is 1.77. The molecule has 78 valence electrons. The molecule has 0 saturated heterocycles. The molecule has 5 nitrogen and oxygen atoms in total. The van der Waals surface area contributed by atoms with Crippen LogP contribution in [0.4, 0.5) is 0 Å². The lowest BCUT2D eigenvalue weighted by molar-refractivity contribution is -0.138. The third-order valence-corrected chi connectivity index (χ3v) is 2.12. The molecule has 1 rings (SSSR count). The maximum absolute atomic E-state index is 10.7. The molecule has 3 N–H and O–H groups in total. The Balaban J connectivity index is 3.15. The molecule has 0 aliphatic rings. The molecule has 0 amide bonds. The minimum atomic E-state index is -1.05. The van der Waals surface area contributed by atoms with Crippen LogP contribution >= 0.6 is 0 Å². The van der Waals surface area contributed by atoms with Crippen molar-refractivity contribution < 1.29 is 9.90 Å². The Morgan fingerprint density at radius 1 is 1.64 bits per heavy atom. The Morgan fingerprint density at radius 3 is 2.64 bits per heavy atom. The fourth-order valence-electron chi connectivity index (χ4n) is 1.52. The van der Waals surface area contributed by atoms with Crippen LogP contribution in [0.2, 0.25) is 0 Å². The third-order valence-electron chi connectivity index (χ3n) is 2.12. The van der Waals surface area contributed by atoms with Crippen molar-refractivity contribution in [3.05, 3.63) is 17.7 Å². The zero-order valence-corrected chi connectivity index (χ0v) is 8.56. The predicted molar refractivity (Wildman–Crippen MR) is 51.9 cm³/mol. The molecule has 5 heteroatoms. The fraction of sp³-hybridized carbons (Fsp3) is 0.556. The van der Waals surface area contributed by atoms with Gasteiger partial charge >= 0.3 is 5.97 Å². The summed E-state index contributed by atoms with van der Waals surface area (Å²) in [6.45, 7) is 3.96. The standard InChI is InChI=1S/C9H15N3O2/c1-5(2)8-7(6(10)9(13)14)11-4-12(8)3/h4-6H,10H2,1-3H3,(H,13,14). The lowest BCUT2D eigenvalue weighted by Crippen LogP contribution is -2.23. The molecule has 0 aliphatic heterocycles. The van der Waals surface area contributed by atoms with E-state index in [1.165, 1.54) is 0 Å². The van der Waals surface area contributed by atoms with Crippen molar-refractivity contribution in [3.8, 4) is 0 Å². The van der Waals surface area contributed by atoms with E-state index < -0.39 is 12.0 Å². The van der Waals surface area contributed by atoms with Crippen LogP contribution in [0.5, 0.6) is 0 Å². The van der Waals surface area contributed by atoms with E-state index in [0.29, 0.717) is 5.69 Å². The molecule has 0 aromatic carbocycles. The molecule has 1 aromatic rings. The SMILES string of the molecule is CC(C)c1c(C(N)C(=O)O)ncn1C. The van der Waals surface area contributed by atoms with E-state index in [1.807, 2.05) is 25.5 Å². The number of hydrogen-bond donors (Lipinski definition) is 2. The van der Waals surface area contributed by atoms with Crippen LogP contribution in [-0.2, 0) is 11.8 Å². The van der Waals surface area contributed by atoms with Gasteiger partial charge in [0.1, 0.15) is 6.04 Å². The van der Waals surface area contributed by atoms with Crippen LogP contribution in [0.15, 0.2) is 6.33 Å². The predicted octanol–water partition coefficient (Wildman–Crippen LogP) is 0.628. The first kappa shape index (κ1) is 10.7. The van der Waals surface area contributed by atoms with Crippen molar-refractivity contribution >= 4 is 5.97 Å². The molecule has 0 spiro atoms. The second-order valence-electron chi connectivity index (χ2n) is 3.60. The highest BCUT2D eigenvalue weighted by atomic mass is 16.4. The van der Waals surface area contributed by atoms with Gasteiger partial charge in [0.25, 0.3) is 0 Å². The smallest absolute Gasteiger partial charge is 0.326 e. The van der Waals surface area contributed by atoms with E-state index in [9.17, 15) is 4.79 Å². The molecule has 14 heavy (non-hydrogen) atoms. The van der Waals surface area contributed by atoms with Crippen molar-refractivity contribution in [3.63, 3.8) is 0 Å². The molecule has 1 aromatic heterocycles. The van der Waals surface area contributed by atoms with Gasteiger partial charge in [-0.2, -0.15) is 0 Å². The topological polar surface area (TPSA) is 81.1 Å². The number of rotatable bonds is 3. The van der Waals surface area contributed by atoms with Gasteiger partial charge < -0.3 is 15.4 Å². The summed E-state index contributed by atoms with van der Waals surface area (Å²) >= 11 is 0. The van der Waals surface area contributed by atoms with Crippen molar-refractivity contribution in [1.29, 1.82) is 0 Å². The molecule has 1 heterocycles. The average molecular weight is 197 g/mol. The number of carbonyl (C=O) groups is 1. The lowest BCUT2D eigenvalue weighted by atomic mass is 10.0. The number of nitrogens with two attached hydrogens (primary N) is 1. The van der Waals surface area contributed by atoms with Gasteiger partial charge in [-0.15, -0.1) is 0 Å². The summed E-state index contributed by atoms with van der Waals surface area (Å²) in [5, 5.41) is 8.78. The van der Waals surface area contributed by atoms with E-state index >= 15 is 0 Å². The first-order valence-electron chi connectivity index (χ1n) is 4.44. The van der Waals surface area contributed by atoms with Gasteiger partial charge in [0.15, 0.2) is 0 Å². The van der Waals surface area contributed by atoms with Crippen molar-refractivity contribution in [2.75, 3.05) is 0 Å².